The van der Waals surface area contributed by atoms with Crippen LogP contribution in [0.5, 0.6) is 0 Å². The summed E-state index contributed by atoms with van der Waals surface area (Å²) < 4.78 is 27.6. The number of nitrogens with zero attached hydrogens (tertiary/aromatic N) is 1. The number of carbonyl (C=O) groups is 2. The van der Waals surface area contributed by atoms with Crippen molar-refractivity contribution >= 4 is 63.2 Å². The minimum atomic E-state index is -1.54. The molecule has 68 heavy (non-hydrogen) atoms. The van der Waals surface area contributed by atoms with Crippen LogP contribution in [0.3, 0.4) is 0 Å². The standard InChI is InChI=1S/C36H30NO2P.C16H26O4.C6H8O.CH4/c1-25(27-13-5-3-6-14-27)37(26(2)28-15-7-4-8-16-28)40-38-33-23-21-29-17-9-11-19-31(29)35(33)36-32-20-12-10-18-30(32)22-24-34(36)39-40;1-4-16(3,15-19-8-9-20-15)10-13(18)14-11(2)6-5-7-12(14)17;7-6-4-2-1-3-5-6;/h3-26H,1-2H3;4,11,13-15,18H,1,5-10H2,2-3H3;2,4H,1,3,5H2;1H4/t25-,26-;11-,13?,14?,16-;;/m01../s1. The maximum absolute atomic E-state index is 12.1. The number of carbonyl (C=O) groups excluding carboxylic acids is 2. The summed E-state index contributed by atoms with van der Waals surface area (Å²) >= 11 is 0. The van der Waals surface area contributed by atoms with Crippen LogP contribution in [0.15, 0.2) is 167 Å². The van der Waals surface area contributed by atoms with Crippen molar-refractivity contribution in [2.24, 2.45) is 17.3 Å². The molecule has 356 valence electrons. The largest absolute Gasteiger partial charge is 0.408 e. The van der Waals surface area contributed by atoms with Crippen LogP contribution in [0.2, 0.25) is 0 Å². The minimum Gasteiger partial charge on any atom is -0.408 e. The maximum atomic E-state index is 12.1. The zero-order chi connectivity index (χ0) is 46.9. The Kier molecular flexibility index (Phi) is 17.1. The summed E-state index contributed by atoms with van der Waals surface area (Å²) in [5.74, 6) is 0.456. The van der Waals surface area contributed by atoms with Gasteiger partial charge in [-0.25, -0.2) is 0 Å². The zero-order valence-electron chi connectivity index (χ0n) is 39.3. The third-order valence-corrected chi connectivity index (χ3v) is 15.6. The van der Waals surface area contributed by atoms with Gasteiger partial charge in [-0.1, -0.05) is 155 Å². The van der Waals surface area contributed by atoms with Crippen molar-refractivity contribution in [3.63, 3.8) is 0 Å². The van der Waals surface area contributed by atoms with Crippen LogP contribution in [-0.4, -0.2) is 42.3 Å². The number of hydrogen-bond donors (Lipinski definition) is 1. The number of allylic oxidation sites excluding steroid dienone is 2. The Hall–Kier alpha value is -5.60. The summed E-state index contributed by atoms with van der Waals surface area (Å²) in [7, 11) is -1.54. The molecule has 1 saturated carbocycles. The van der Waals surface area contributed by atoms with Crippen LogP contribution < -0.4 is 4.67 Å². The lowest BCUT2D eigenvalue weighted by Crippen LogP contribution is -2.42. The molecule has 6 aromatic carbocycles. The van der Waals surface area contributed by atoms with E-state index in [1.165, 1.54) is 21.9 Å². The Morgan fingerprint density at radius 1 is 0.735 bits per heavy atom. The van der Waals surface area contributed by atoms with Gasteiger partial charge in [-0.3, -0.25) is 9.59 Å². The Balaban J connectivity index is 0.000000203. The number of aliphatic hydroxyl groups is 1. The molecule has 1 aliphatic heterocycles. The normalized spacial score (nSPS) is 19.6. The van der Waals surface area contributed by atoms with Gasteiger partial charge in [-0.15, -0.1) is 6.58 Å². The van der Waals surface area contributed by atoms with E-state index in [4.69, 9.17) is 17.9 Å². The van der Waals surface area contributed by atoms with Crippen LogP contribution >= 0.6 is 8.16 Å². The first-order valence-corrected chi connectivity index (χ1v) is 25.0. The average Bonchev–Trinajstić information content (AvgIpc) is 3.86. The summed E-state index contributed by atoms with van der Waals surface area (Å²) in [6.45, 7) is 13.5. The highest BCUT2D eigenvalue weighted by Crippen LogP contribution is 2.48. The Bertz CT molecular complexity index is 2730. The van der Waals surface area contributed by atoms with Gasteiger partial charge in [0, 0.05) is 47.0 Å². The molecule has 7 aromatic rings. The second-order valence-corrected chi connectivity index (χ2v) is 19.8. The van der Waals surface area contributed by atoms with E-state index in [0.717, 1.165) is 64.8 Å². The van der Waals surface area contributed by atoms with Gasteiger partial charge < -0.3 is 23.0 Å². The molecule has 0 spiro atoms. The molecule has 0 bridgehead atoms. The van der Waals surface area contributed by atoms with E-state index in [0.29, 0.717) is 26.1 Å². The molecule has 9 heteroatoms. The molecule has 1 aromatic heterocycles. The summed E-state index contributed by atoms with van der Waals surface area (Å²) in [6.07, 6.45) is 10.2. The van der Waals surface area contributed by atoms with Crippen molar-refractivity contribution in [2.75, 3.05) is 17.9 Å². The molecule has 10 rings (SSSR count). The van der Waals surface area contributed by atoms with E-state index >= 15 is 0 Å². The molecule has 1 saturated heterocycles. The molecule has 0 radical (unpaired) electrons. The van der Waals surface area contributed by atoms with Crippen molar-refractivity contribution in [1.29, 1.82) is 0 Å². The van der Waals surface area contributed by atoms with Crippen LogP contribution in [0.4, 0.5) is 0 Å². The fraction of sp³-hybridized carbons (Fsp3) is 0.356. The summed E-state index contributed by atoms with van der Waals surface area (Å²) in [5, 5.41) is 17.4. The molecule has 8 nitrogen and oxygen atoms in total. The number of fused-ring (bicyclic) bond motifs is 7. The maximum Gasteiger partial charge on any atom is 0.310 e. The molecule has 6 atom stereocenters. The topological polar surface area (TPSA) is 102 Å². The van der Waals surface area contributed by atoms with Crippen molar-refractivity contribution in [3.05, 3.63) is 169 Å². The minimum absolute atomic E-state index is 0. The van der Waals surface area contributed by atoms with Gasteiger partial charge >= 0.3 is 8.16 Å². The third kappa shape index (κ3) is 11.3. The molecular formula is C59H68NO7P. The number of benzene rings is 6. The predicted octanol–water partition coefficient (Wildman–Crippen LogP) is 15.3. The summed E-state index contributed by atoms with van der Waals surface area (Å²) in [6, 6.07) is 47.0. The number of ether oxygens (including phenoxy) is 2. The van der Waals surface area contributed by atoms with Crippen LogP contribution in [0.1, 0.15) is 103 Å². The quantitative estimate of drug-likeness (QED) is 0.135. The second-order valence-electron chi connectivity index (χ2n) is 18.5. The molecule has 2 fully saturated rings. The van der Waals surface area contributed by atoms with Gasteiger partial charge in [-0.2, -0.15) is 4.67 Å². The molecule has 1 N–H and O–H groups in total. The number of ketones is 2. The molecule has 3 aliphatic rings. The molecule has 0 amide bonds. The van der Waals surface area contributed by atoms with Crippen molar-refractivity contribution in [1.82, 2.24) is 0 Å². The summed E-state index contributed by atoms with van der Waals surface area (Å²) in [5.41, 5.74) is 3.69. The van der Waals surface area contributed by atoms with Crippen LogP contribution in [0.25, 0.3) is 43.5 Å². The molecule has 2 aliphatic carbocycles. The van der Waals surface area contributed by atoms with Crippen molar-refractivity contribution in [2.45, 2.75) is 105 Å². The first kappa shape index (κ1) is 50.3. The third-order valence-electron chi connectivity index (χ3n) is 13.8. The van der Waals surface area contributed by atoms with E-state index in [9.17, 15) is 14.7 Å². The van der Waals surface area contributed by atoms with Gasteiger partial charge in [0.25, 0.3) is 0 Å². The monoisotopic (exact) mass is 933 g/mol. The SMILES string of the molecule is C.C=C[C@](C)(CC(O)C1C(=O)CCC[C@H]1C)C1OCCO1.C[C@@H](c1ccccc1)N([C@@H](C)c1ccccc1)p1oc2ccc3ccccc3c2c2c(ccc3ccccc32)o1.O=C1C=CCCC1. The number of rotatable bonds is 10. The fourth-order valence-electron chi connectivity index (χ4n) is 9.98. The molecule has 2 heterocycles. The molecular weight excluding hydrogens is 866 g/mol. The van der Waals surface area contributed by atoms with Gasteiger partial charge in [0.1, 0.15) is 16.9 Å². The second kappa shape index (κ2) is 23.1. The van der Waals surface area contributed by atoms with Gasteiger partial charge in [-0.05, 0) is 103 Å². The van der Waals surface area contributed by atoms with E-state index < -0.39 is 19.7 Å². The average molecular weight is 934 g/mol. The van der Waals surface area contributed by atoms with E-state index in [-0.39, 0.29) is 49.2 Å². The molecule has 2 unspecified atom stereocenters. The first-order valence-electron chi connectivity index (χ1n) is 23.9. The van der Waals surface area contributed by atoms with Gasteiger partial charge in [0.05, 0.1) is 19.3 Å². The number of Topliss-reactive ketones (excluding diaryl/α,β-unsaturated/α-hetero) is 1. The highest BCUT2D eigenvalue weighted by molar-refractivity contribution is 7.39. The van der Waals surface area contributed by atoms with E-state index in [1.54, 1.807) is 12.2 Å². The Morgan fingerprint density at radius 2 is 1.25 bits per heavy atom. The van der Waals surface area contributed by atoms with Crippen LogP contribution in [0, 0.1) is 17.3 Å². The number of aliphatic hydroxyl groups excluding tert-OH is 1. The first-order chi connectivity index (χ1) is 32.6. The highest BCUT2D eigenvalue weighted by Gasteiger charge is 2.42. The van der Waals surface area contributed by atoms with E-state index in [1.807, 2.05) is 13.0 Å². The Morgan fingerprint density at radius 3 is 1.71 bits per heavy atom. The van der Waals surface area contributed by atoms with Crippen molar-refractivity contribution < 1.29 is 32.6 Å². The van der Waals surface area contributed by atoms with Gasteiger partial charge in [0.2, 0.25) is 0 Å². The lowest BCUT2D eigenvalue weighted by Gasteiger charge is -2.37. The Labute approximate surface area is 403 Å². The lowest BCUT2D eigenvalue weighted by atomic mass is 9.71. The predicted molar refractivity (Wildman–Crippen MR) is 280 cm³/mol. The lowest BCUT2D eigenvalue weighted by molar-refractivity contribution is -0.140. The highest BCUT2D eigenvalue weighted by atomic mass is 31.1. The zero-order valence-corrected chi connectivity index (χ0v) is 40.2. The van der Waals surface area contributed by atoms with E-state index in [2.05, 4.69) is 165 Å². The summed E-state index contributed by atoms with van der Waals surface area (Å²) in [4.78, 5) is 22.5. The number of hydrogen-bond acceptors (Lipinski definition) is 8. The smallest absolute Gasteiger partial charge is 0.310 e. The van der Waals surface area contributed by atoms with Crippen LogP contribution in [-0.2, 0) is 19.1 Å². The fourth-order valence-corrected chi connectivity index (χ4v) is 11.7. The van der Waals surface area contributed by atoms with Gasteiger partial charge in [0.15, 0.2) is 12.1 Å². The van der Waals surface area contributed by atoms with Crippen molar-refractivity contribution in [3.8, 4) is 0 Å².